The molecule has 0 amide bonds. The number of hydrogen-bond donors (Lipinski definition) is 1. The zero-order chi connectivity index (χ0) is 14.3. The van der Waals surface area contributed by atoms with Crippen LogP contribution in [0.15, 0.2) is 35.3 Å². The summed E-state index contributed by atoms with van der Waals surface area (Å²) in [6, 6.07) is 7.15. The Morgan fingerprint density at radius 3 is 2.68 bits per heavy atom. The van der Waals surface area contributed by atoms with E-state index in [-0.39, 0.29) is 0 Å². The van der Waals surface area contributed by atoms with Crippen molar-refractivity contribution in [2.24, 2.45) is 0 Å². The molecular formula is C16H25BrN2. The van der Waals surface area contributed by atoms with Gasteiger partial charge in [-0.05, 0) is 23.7 Å². The van der Waals surface area contributed by atoms with Crippen LogP contribution in [0.3, 0.4) is 0 Å². The highest BCUT2D eigenvalue weighted by molar-refractivity contribution is 9.10. The van der Waals surface area contributed by atoms with Crippen LogP contribution >= 0.6 is 15.9 Å². The lowest BCUT2D eigenvalue weighted by Gasteiger charge is -2.19. The molecule has 0 radical (unpaired) electrons. The van der Waals surface area contributed by atoms with Gasteiger partial charge < -0.3 is 5.32 Å². The van der Waals surface area contributed by atoms with Gasteiger partial charge in [-0.15, -0.1) is 6.58 Å². The summed E-state index contributed by atoms with van der Waals surface area (Å²) in [5.41, 5.74) is 2.65. The minimum Gasteiger partial charge on any atom is -0.310 e. The first-order valence-electron chi connectivity index (χ1n) is 6.90. The summed E-state index contributed by atoms with van der Waals surface area (Å²) < 4.78 is 1.19. The van der Waals surface area contributed by atoms with Crippen LogP contribution in [0.4, 0.5) is 0 Å². The second-order valence-corrected chi connectivity index (χ2v) is 5.93. The van der Waals surface area contributed by atoms with E-state index >= 15 is 0 Å². The highest BCUT2D eigenvalue weighted by Crippen LogP contribution is 2.20. The Kier molecular flexibility index (Phi) is 7.36. The van der Waals surface area contributed by atoms with Gasteiger partial charge in [0, 0.05) is 30.1 Å². The molecular weight excluding hydrogens is 300 g/mol. The molecule has 1 aromatic rings. The van der Waals surface area contributed by atoms with E-state index < -0.39 is 0 Å². The van der Waals surface area contributed by atoms with Crippen molar-refractivity contribution in [1.82, 2.24) is 10.2 Å². The molecule has 19 heavy (non-hydrogen) atoms. The normalized spacial score (nSPS) is 11.3. The van der Waals surface area contributed by atoms with Gasteiger partial charge in [-0.25, -0.2) is 0 Å². The number of rotatable bonds is 8. The maximum atomic E-state index is 3.81. The Balaban J connectivity index is 2.68. The van der Waals surface area contributed by atoms with Crippen molar-refractivity contribution in [3.8, 4) is 0 Å². The lowest BCUT2D eigenvalue weighted by atomic mass is 10.1. The van der Waals surface area contributed by atoms with Crippen molar-refractivity contribution < 1.29 is 0 Å². The SMILES string of the molecule is C=CCN(CC)Cc1ccc(CNC(C)C)cc1Br. The Bertz CT molecular complexity index is 402. The summed E-state index contributed by atoms with van der Waals surface area (Å²) >= 11 is 3.68. The van der Waals surface area contributed by atoms with Crippen LogP contribution in [-0.2, 0) is 13.1 Å². The summed E-state index contributed by atoms with van der Waals surface area (Å²) in [4.78, 5) is 2.36. The average molecular weight is 325 g/mol. The summed E-state index contributed by atoms with van der Waals surface area (Å²) in [5.74, 6) is 0. The molecule has 0 aliphatic heterocycles. The highest BCUT2D eigenvalue weighted by Gasteiger charge is 2.06. The standard InChI is InChI=1S/C16H25BrN2/c1-5-9-19(6-2)12-15-8-7-14(10-16(15)17)11-18-13(3)4/h5,7-8,10,13,18H,1,6,9,11-12H2,2-4H3. The number of halogens is 1. The predicted octanol–water partition coefficient (Wildman–Crippen LogP) is 3.96. The lowest BCUT2D eigenvalue weighted by Crippen LogP contribution is -2.23. The van der Waals surface area contributed by atoms with Crippen molar-refractivity contribution in [2.45, 2.75) is 39.9 Å². The lowest BCUT2D eigenvalue weighted by molar-refractivity contribution is 0.311. The van der Waals surface area contributed by atoms with Gasteiger partial charge in [0.1, 0.15) is 0 Å². The quantitative estimate of drug-likeness (QED) is 0.728. The van der Waals surface area contributed by atoms with Gasteiger partial charge in [-0.1, -0.05) is 54.9 Å². The molecule has 0 aliphatic rings. The molecule has 0 bridgehead atoms. The minimum atomic E-state index is 0.515. The fourth-order valence-electron chi connectivity index (χ4n) is 1.88. The summed E-state index contributed by atoms with van der Waals surface area (Å²) in [7, 11) is 0. The molecule has 1 N–H and O–H groups in total. The van der Waals surface area contributed by atoms with Gasteiger partial charge in [-0.2, -0.15) is 0 Å². The molecule has 0 heterocycles. The molecule has 0 aromatic heterocycles. The van der Waals surface area contributed by atoms with E-state index in [1.165, 1.54) is 15.6 Å². The maximum absolute atomic E-state index is 3.81. The molecule has 0 aliphatic carbocycles. The van der Waals surface area contributed by atoms with E-state index in [0.29, 0.717) is 6.04 Å². The maximum Gasteiger partial charge on any atom is 0.0248 e. The molecule has 0 spiro atoms. The Hall–Kier alpha value is -0.640. The average Bonchev–Trinajstić information content (AvgIpc) is 2.38. The van der Waals surface area contributed by atoms with E-state index in [9.17, 15) is 0 Å². The molecule has 1 aromatic carbocycles. The smallest absolute Gasteiger partial charge is 0.0248 e. The molecule has 0 unspecified atom stereocenters. The van der Waals surface area contributed by atoms with Gasteiger partial charge in [0.25, 0.3) is 0 Å². The van der Waals surface area contributed by atoms with E-state index in [0.717, 1.165) is 26.2 Å². The van der Waals surface area contributed by atoms with Crippen LogP contribution in [0.25, 0.3) is 0 Å². The number of nitrogens with zero attached hydrogens (tertiary/aromatic N) is 1. The van der Waals surface area contributed by atoms with E-state index in [1.54, 1.807) is 0 Å². The zero-order valence-corrected chi connectivity index (χ0v) is 13.8. The predicted molar refractivity (Wildman–Crippen MR) is 87.3 cm³/mol. The summed E-state index contributed by atoms with van der Waals surface area (Å²) in [6.07, 6.45) is 1.96. The van der Waals surface area contributed by atoms with Gasteiger partial charge in [0.15, 0.2) is 0 Å². The molecule has 0 saturated carbocycles. The van der Waals surface area contributed by atoms with Crippen LogP contribution in [0.1, 0.15) is 31.9 Å². The van der Waals surface area contributed by atoms with Crippen molar-refractivity contribution in [3.63, 3.8) is 0 Å². The van der Waals surface area contributed by atoms with Gasteiger partial charge in [0.05, 0.1) is 0 Å². The molecule has 106 valence electrons. The van der Waals surface area contributed by atoms with Gasteiger partial charge in [-0.3, -0.25) is 4.90 Å². The van der Waals surface area contributed by atoms with Crippen LogP contribution in [0.2, 0.25) is 0 Å². The fraction of sp³-hybridized carbons (Fsp3) is 0.500. The van der Waals surface area contributed by atoms with Crippen LogP contribution in [0, 0.1) is 0 Å². The first-order valence-corrected chi connectivity index (χ1v) is 7.70. The molecule has 3 heteroatoms. The largest absolute Gasteiger partial charge is 0.310 e. The molecule has 0 atom stereocenters. The molecule has 2 nitrogen and oxygen atoms in total. The molecule has 1 rings (SSSR count). The monoisotopic (exact) mass is 324 g/mol. The third-order valence-corrected chi connectivity index (χ3v) is 3.80. The first-order chi connectivity index (χ1) is 9.06. The summed E-state index contributed by atoms with van der Waals surface area (Å²) in [5, 5.41) is 3.44. The van der Waals surface area contributed by atoms with Crippen molar-refractivity contribution >= 4 is 15.9 Å². The second-order valence-electron chi connectivity index (χ2n) is 5.08. The van der Waals surface area contributed by atoms with E-state index in [4.69, 9.17) is 0 Å². The number of hydrogen-bond acceptors (Lipinski definition) is 2. The first kappa shape index (κ1) is 16.4. The molecule has 0 saturated heterocycles. The van der Waals surface area contributed by atoms with E-state index in [2.05, 4.69) is 71.7 Å². The third kappa shape index (κ3) is 5.89. The topological polar surface area (TPSA) is 15.3 Å². The van der Waals surface area contributed by atoms with Crippen LogP contribution in [0.5, 0.6) is 0 Å². The van der Waals surface area contributed by atoms with E-state index in [1.807, 2.05) is 6.08 Å². The van der Waals surface area contributed by atoms with Crippen molar-refractivity contribution in [1.29, 1.82) is 0 Å². The number of benzene rings is 1. The number of nitrogens with one attached hydrogen (secondary N) is 1. The third-order valence-electron chi connectivity index (χ3n) is 3.06. The van der Waals surface area contributed by atoms with Crippen LogP contribution in [-0.4, -0.2) is 24.0 Å². The Morgan fingerprint density at radius 1 is 1.42 bits per heavy atom. The Morgan fingerprint density at radius 2 is 2.16 bits per heavy atom. The summed E-state index contributed by atoms with van der Waals surface area (Å²) in [6.45, 7) is 14.2. The van der Waals surface area contributed by atoms with Crippen molar-refractivity contribution in [2.75, 3.05) is 13.1 Å². The second kappa shape index (κ2) is 8.51. The van der Waals surface area contributed by atoms with Crippen LogP contribution < -0.4 is 5.32 Å². The fourth-order valence-corrected chi connectivity index (χ4v) is 2.43. The van der Waals surface area contributed by atoms with Gasteiger partial charge >= 0.3 is 0 Å². The zero-order valence-electron chi connectivity index (χ0n) is 12.2. The highest BCUT2D eigenvalue weighted by atomic mass is 79.9. The minimum absolute atomic E-state index is 0.515. The molecule has 0 fully saturated rings. The van der Waals surface area contributed by atoms with Crippen molar-refractivity contribution in [3.05, 3.63) is 46.5 Å². The van der Waals surface area contributed by atoms with Gasteiger partial charge in [0.2, 0.25) is 0 Å². The number of likely N-dealkylation sites (N-methyl/N-ethyl adjacent to an activating group) is 1. The Labute approximate surface area is 126 Å².